The Balaban J connectivity index is 2.01. The molecule has 2 heterocycles. The first-order chi connectivity index (χ1) is 12.9. The summed E-state index contributed by atoms with van der Waals surface area (Å²) in [6.07, 6.45) is 3.39. The van der Waals surface area contributed by atoms with Crippen LogP contribution in [0.1, 0.15) is 16.7 Å². The molecule has 0 saturated heterocycles. The van der Waals surface area contributed by atoms with Gasteiger partial charge in [0.15, 0.2) is 0 Å². The van der Waals surface area contributed by atoms with Crippen molar-refractivity contribution in [3.05, 3.63) is 59.4 Å². The first kappa shape index (κ1) is 18.3. The monoisotopic (exact) mass is 363 g/mol. The zero-order chi connectivity index (χ0) is 19.4. The minimum atomic E-state index is -0.981. The van der Waals surface area contributed by atoms with Crippen LogP contribution in [0.5, 0.6) is 0 Å². The molecule has 2 aromatic heterocycles. The first-order valence-corrected chi connectivity index (χ1v) is 8.52. The maximum absolute atomic E-state index is 10.9. The van der Waals surface area contributed by atoms with Gasteiger partial charge >= 0.3 is 5.97 Å². The third-order valence-electron chi connectivity index (χ3n) is 4.01. The quantitative estimate of drug-likeness (QED) is 0.614. The van der Waals surface area contributed by atoms with Gasteiger partial charge in [-0.2, -0.15) is 4.98 Å². The van der Waals surface area contributed by atoms with Crippen LogP contribution in [-0.4, -0.2) is 32.6 Å². The third kappa shape index (κ3) is 4.58. The number of nitrogens with zero attached hydrogens (tertiary/aromatic N) is 3. The lowest BCUT2D eigenvalue weighted by Crippen LogP contribution is -2.15. The topological polar surface area (TPSA) is 100 Å². The number of hydrogen-bond acceptors (Lipinski definition) is 6. The Kier molecular flexibility index (Phi) is 5.30. The van der Waals surface area contributed by atoms with E-state index in [-0.39, 0.29) is 12.5 Å². The molecule has 7 heteroatoms. The molecule has 0 spiro atoms. The highest BCUT2D eigenvalue weighted by molar-refractivity contribution is 5.73. The van der Waals surface area contributed by atoms with Gasteiger partial charge in [0, 0.05) is 29.7 Å². The highest BCUT2D eigenvalue weighted by atomic mass is 16.4. The fraction of sp³-hybridized carbons (Fsp3) is 0.200. The number of rotatable bonds is 6. The molecule has 3 aromatic rings. The highest BCUT2D eigenvalue weighted by Crippen LogP contribution is 2.27. The lowest BCUT2D eigenvalue weighted by atomic mass is 10.1. The second-order valence-electron chi connectivity index (χ2n) is 6.35. The first-order valence-electron chi connectivity index (χ1n) is 8.52. The van der Waals surface area contributed by atoms with Gasteiger partial charge in [-0.1, -0.05) is 17.7 Å². The van der Waals surface area contributed by atoms with Gasteiger partial charge in [-0.25, -0.2) is 4.98 Å². The number of aryl methyl sites for hydroxylation is 3. The lowest BCUT2D eigenvalue weighted by molar-refractivity contribution is -0.134. The van der Waals surface area contributed by atoms with Crippen LogP contribution in [0.2, 0.25) is 0 Å². The van der Waals surface area contributed by atoms with Gasteiger partial charge in [-0.3, -0.25) is 9.78 Å². The molecule has 0 atom stereocenters. The molecule has 3 N–H and O–H groups in total. The van der Waals surface area contributed by atoms with Gasteiger partial charge in [-0.15, -0.1) is 0 Å². The molecule has 0 unspecified atom stereocenters. The van der Waals surface area contributed by atoms with Crippen molar-refractivity contribution in [2.24, 2.45) is 0 Å². The summed E-state index contributed by atoms with van der Waals surface area (Å²) < 4.78 is 0. The summed E-state index contributed by atoms with van der Waals surface area (Å²) in [4.78, 5) is 23.8. The molecule has 1 aromatic carbocycles. The number of benzene rings is 1. The van der Waals surface area contributed by atoms with E-state index in [4.69, 9.17) is 5.11 Å². The molecule has 0 bridgehead atoms. The van der Waals surface area contributed by atoms with E-state index in [1.165, 1.54) is 5.56 Å². The van der Waals surface area contributed by atoms with Gasteiger partial charge in [0.25, 0.3) is 0 Å². The summed E-state index contributed by atoms with van der Waals surface area (Å²) >= 11 is 0. The van der Waals surface area contributed by atoms with Crippen molar-refractivity contribution in [3.63, 3.8) is 0 Å². The molecule has 0 saturated carbocycles. The summed E-state index contributed by atoms with van der Waals surface area (Å²) in [6.45, 7) is 5.87. The minimum Gasteiger partial charge on any atom is -0.480 e. The van der Waals surface area contributed by atoms with Crippen molar-refractivity contribution in [1.29, 1.82) is 0 Å². The Hall–Kier alpha value is -3.48. The Labute approximate surface area is 157 Å². The average Bonchev–Trinajstić information content (AvgIpc) is 2.63. The second kappa shape index (κ2) is 7.82. The maximum atomic E-state index is 10.9. The van der Waals surface area contributed by atoms with E-state index < -0.39 is 5.97 Å². The number of aliphatic carboxylic acids is 1. The van der Waals surface area contributed by atoms with E-state index in [1.54, 1.807) is 12.4 Å². The van der Waals surface area contributed by atoms with Crippen molar-refractivity contribution in [2.75, 3.05) is 17.2 Å². The maximum Gasteiger partial charge on any atom is 0.322 e. The van der Waals surface area contributed by atoms with Crippen LogP contribution in [0.15, 0.2) is 42.7 Å². The average molecular weight is 363 g/mol. The largest absolute Gasteiger partial charge is 0.480 e. The van der Waals surface area contributed by atoms with Gasteiger partial charge in [0.2, 0.25) is 5.95 Å². The van der Waals surface area contributed by atoms with E-state index in [0.717, 1.165) is 22.4 Å². The summed E-state index contributed by atoms with van der Waals surface area (Å²) in [5, 5.41) is 15.0. The van der Waals surface area contributed by atoms with Gasteiger partial charge in [0.05, 0.1) is 5.69 Å². The smallest absolute Gasteiger partial charge is 0.322 e. The molecule has 0 radical (unpaired) electrons. The molecular formula is C20H21N5O2. The molecule has 0 aliphatic rings. The molecule has 0 aliphatic heterocycles. The number of carbonyl (C=O) groups is 1. The summed E-state index contributed by atoms with van der Waals surface area (Å²) in [5.41, 5.74) is 5.84. The molecule has 3 rings (SSSR count). The van der Waals surface area contributed by atoms with E-state index in [0.29, 0.717) is 11.5 Å². The van der Waals surface area contributed by atoms with Crippen LogP contribution >= 0.6 is 0 Å². The second-order valence-corrected chi connectivity index (χ2v) is 6.35. The summed E-state index contributed by atoms with van der Waals surface area (Å²) in [6, 6.07) is 9.73. The lowest BCUT2D eigenvalue weighted by Gasteiger charge is -2.15. The minimum absolute atomic E-state index is 0.240. The van der Waals surface area contributed by atoms with Crippen LogP contribution in [0, 0.1) is 20.8 Å². The van der Waals surface area contributed by atoms with Gasteiger partial charge in [-0.05, 0) is 44.0 Å². The fourth-order valence-electron chi connectivity index (χ4n) is 2.91. The van der Waals surface area contributed by atoms with Gasteiger partial charge in [0.1, 0.15) is 12.4 Å². The number of aromatic nitrogens is 3. The standard InChI is InChI=1S/C20H21N5O2/c1-12-7-13(2)19(14(3)8-12)24-17-9-16(15-5-4-6-21-10-15)23-20(25-17)22-11-18(26)27/h4-10H,11H2,1-3H3,(H,26,27)(H2,22,23,24,25). The number of hydrogen-bond donors (Lipinski definition) is 3. The molecular weight excluding hydrogens is 342 g/mol. The molecule has 0 aliphatic carbocycles. The molecule has 138 valence electrons. The van der Waals surface area contributed by atoms with E-state index in [1.807, 2.05) is 32.0 Å². The zero-order valence-corrected chi connectivity index (χ0v) is 15.4. The number of anilines is 3. The van der Waals surface area contributed by atoms with Crippen molar-refractivity contribution >= 4 is 23.4 Å². The van der Waals surface area contributed by atoms with E-state index >= 15 is 0 Å². The SMILES string of the molecule is Cc1cc(C)c(Nc2cc(-c3cccnc3)nc(NCC(=O)O)n2)c(C)c1. The van der Waals surface area contributed by atoms with E-state index in [2.05, 4.69) is 44.6 Å². The van der Waals surface area contributed by atoms with Crippen LogP contribution in [0.4, 0.5) is 17.5 Å². The number of nitrogens with one attached hydrogen (secondary N) is 2. The van der Waals surface area contributed by atoms with Crippen LogP contribution < -0.4 is 10.6 Å². The van der Waals surface area contributed by atoms with Crippen LogP contribution in [-0.2, 0) is 4.79 Å². The predicted octanol–water partition coefficient (Wildman–Crippen LogP) is 3.70. The summed E-state index contributed by atoms with van der Waals surface area (Å²) in [7, 11) is 0. The van der Waals surface area contributed by atoms with Crippen molar-refractivity contribution in [1.82, 2.24) is 15.0 Å². The Morgan fingerprint density at radius 3 is 2.48 bits per heavy atom. The van der Waals surface area contributed by atoms with E-state index in [9.17, 15) is 4.79 Å². The normalized spacial score (nSPS) is 10.5. The number of carboxylic acids is 1. The molecule has 0 fully saturated rings. The molecule has 0 amide bonds. The number of pyridine rings is 1. The van der Waals surface area contributed by atoms with Crippen LogP contribution in [0.3, 0.4) is 0 Å². The Morgan fingerprint density at radius 2 is 1.85 bits per heavy atom. The zero-order valence-electron chi connectivity index (χ0n) is 15.4. The Bertz CT molecular complexity index is 950. The van der Waals surface area contributed by atoms with Crippen molar-refractivity contribution in [3.8, 4) is 11.3 Å². The molecule has 7 nitrogen and oxygen atoms in total. The van der Waals surface area contributed by atoms with Gasteiger partial charge < -0.3 is 15.7 Å². The predicted molar refractivity (Wildman–Crippen MR) is 105 cm³/mol. The summed E-state index contributed by atoms with van der Waals surface area (Å²) in [5.74, 6) is -0.166. The van der Waals surface area contributed by atoms with Crippen molar-refractivity contribution in [2.45, 2.75) is 20.8 Å². The number of carboxylic acid groups (broad SMARTS) is 1. The third-order valence-corrected chi connectivity index (χ3v) is 4.01. The highest BCUT2D eigenvalue weighted by Gasteiger charge is 2.11. The fourth-order valence-corrected chi connectivity index (χ4v) is 2.91. The molecule has 27 heavy (non-hydrogen) atoms. The van der Waals surface area contributed by atoms with Crippen LogP contribution in [0.25, 0.3) is 11.3 Å². The Morgan fingerprint density at radius 1 is 1.11 bits per heavy atom. The van der Waals surface area contributed by atoms with Crippen molar-refractivity contribution < 1.29 is 9.90 Å².